The topological polar surface area (TPSA) is 61.9 Å². The molecule has 4 aromatic rings. The summed E-state index contributed by atoms with van der Waals surface area (Å²) in [7, 11) is 1.68. The van der Waals surface area contributed by atoms with Crippen molar-refractivity contribution in [2.75, 3.05) is 19.5 Å². The van der Waals surface area contributed by atoms with Crippen LogP contribution in [0.15, 0.2) is 65.8 Å². The minimum Gasteiger partial charge on any atom is -0.383 e. The number of aromatic nitrogens is 4. The molecule has 34 heavy (non-hydrogen) atoms. The number of halogens is 1. The quantitative estimate of drug-likeness (QED) is 0.209. The van der Waals surface area contributed by atoms with Crippen LogP contribution in [-0.4, -0.2) is 44.6 Å². The van der Waals surface area contributed by atoms with Gasteiger partial charge in [-0.25, -0.2) is 0 Å². The van der Waals surface area contributed by atoms with Gasteiger partial charge in [0.2, 0.25) is 0 Å². The third kappa shape index (κ3) is 5.43. The lowest BCUT2D eigenvalue weighted by molar-refractivity contribution is 0.102. The first-order chi connectivity index (χ1) is 16.5. The van der Waals surface area contributed by atoms with Crippen molar-refractivity contribution in [3.63, 3.8) is 0 Å². The van der Waals surface area contributed by atoms with Gasteiger partial charge in [-0.15, -0.1) is 10.2 Å². The first-order valence-corrected chi connectivity index (χ1v) is 12.4. The standard InChI is InChI=1S/C26H27ClN4O2S/c1-18-15-23(19(2)30(18)13-14-33-3)24(32)17-34-26-29-28-25(21-9-11-22(27)12-10-21)31(26)16-20-7-5-4-6-8-20/h4-12,15H,13-14,16-17H2,1-3H3. The van der Waals surface area contributed by atoms with Crippen LogP contribution in [0.3, 0.4) is 0 Å². The maximum absolute atomic E-state index is 13.1. The van der Waals surface area contributed by atoms with Gasteiger partial charge >= 0.3 is 0 Å². The molecule has 0 saturated heterocycles. The molecule has 0 aliphatic carbocycles. The van der Waals surface area contributed by atoms with E-state index in [4.69, 9.17) is 16.3 Å². The van der Waals surface area contributed by atoms with E-state index in [1.54, 1.807) is 7.11 Å². The molecule has 0 radical (unpaired) electrons. The highest BCUT2D eigenvalue weighted by Gasteiger charge is 2.19. The summed E-state index contributed by atoms with van der Waals surface area (Å²) in [5, 5.41) is 10.3. The molecule has 0 atom stereocenters. The van der Waals surface area contributed by atoms with Crippen LogP contribution < -0.4 is 0 Å². The lowest BCUT2D eigenvalue weighted by Gasteiger charge is -2.11. The molecular weight excluding hydrogens is 468 g/mol. The van der Waals surface area contributed by atoms with E-state index in [2.05, 4.69) is 31.5 Å². The second kappa shape index (κ2) is 11.0. The molecule has 0 fully saturated rings. The fourth-order valence-corrected chi connectivity index (χ4v) is 4.88. The molecule has 0 spiro atoms. The smallest absolute Gasteiger partial charge is 0.192 e. The summed E-state index contributed by atoms with van der Waals surface area (Å²) < 4.78 is 9.38. The van der Waals surface area contributed by atoms with Crippen molar-refractivity contribution < 1.29 is 9.53 Å². The van der Waals surface area contributed by atoms with Gasteiger partial charge < -0.3 is 9.30 Å². The van der Waals surface area contributed by atoms with Gasteiger partial charge in [-0.05, 0) is 49.7 Å². The Morgan fingerprint density at radius 2 is 1.76 bits per heavy atom. The number of nitrogens with zero attached hydrogens (tertiary/aromatic N) is 4. The number of hydrogen-bond acceptors (Lipinski definition) is 5. The van der Waals surface area contributed by atoms with E-state index in [9.17, 15) is 4.79 Å². The maximum atomic E-state index is 13.1. The van der Waals surface area contributed by atoms with Gasteiger partial charge in [-0.1, -0.05) is 53.7 Å². The molecule has 0 amide bonds. The van der Waals surface area contributed by atoms with Gasteiger partial charge in [0, 0.05) is 41.2 Å². The van der Waals surface area contributed by atoms with Crippen molar-refractivity contribution in [1.29, 1.82) is 0 Å². The third-order valence-electron chi connectivity index (χ3n) is 5.73. The molecule has 8 heteroatoms. The van der Waals surface area contributed by atoms with Crippen molar-refractivity contribution in [1.82, 2.24) is 19.3 Å². The van der Waals surface area contributed by atoms with E-state index < -0.39 is 0 Å². The predicted octanol–water partition coefficient (Wildman–Crippen LogP) is 5.69. The van der Waals surface area contributed by atoms with Crippen molar-refractivity contribution in [3.05, 3.63) is 88.2 Å². The third-order valence-corrected chi connectivity index (χ3v) is 6.95. The number of ketones is 1. The highest BCUT2D eigenvalue weighted by atomic mass is 35.5. The van der Waals surface area contributed by atoms with Crippen molar-refractivity contribution in [3.8, 4) is 11.4 Å². The molecule has 4 rings (SSSR count). The molecule has 6 nitrogen and oxygen atoms in total. The van der Waals surface area contributed by atoms with Gasteiger partial charge in [-0.2, -0.15) is 0 Å². The minimum absolute atomic E-state index is 0.0732. The van der Waals surface area contributed by atoms with Crippen LogP contribution in [0.25, 0.3) is 11.4 Å². The van der Waals surface area contributed by atoms with Crippen LogP contribution in [0.4, 0.5) is 0 Å². The Morgan fingerprint density at radius 3 is 2.47 bits per heavy atom. The summed E-state index contributed by atoms with van der Waals surface area (Å²) in [6.45, 7) is 5.94. The summed E-state index contributed by atoms with van der Waals surface area (Å²) in [6.07, 6.45) is 0. The second-order valence-electron chi connectivity index (χ2n) is 8.03. The molecule has 0 bridgehead atoms. The summed E-state index contributed by atoms with van der Waals surface area (Å²) in [4.78, 5) is 13.1. The predicted molar refractivity (Wildman–Crippen MR) is 137 cm³/mol. The highest BCUT2D eigenvalue weighted by molar-refractivity contribution is 7.99. The zero-order valence-corrected chi connectivity index (χ0v) is 21.1. The Hall–Kier alpha value is -2.87. The summed E-state index contributed by atoms with van der Waals surface area (Å²) >= 11 is 7.49. The molecular formula is C26H27ClN4O2S. The largest absolute Gasteiger partial charge is 0.383 e. The van der Waals surface area contributed by atoms with Crippen molar-refractivity contribution >= 4 is 29.1 Å². The number of carbonyl (C=O) groups excluding carboxylic acids is 1. The Bertz CT molecular complexity index is 1270. The first-order valence-electron chi connectivity index (χ1n) is 11.0. The normalized spacial score (nSPS) is 11.2. The second-order valence-corrected chi connectivity index (χ2v) is 9.40. The van der Waals surface area contributed by atoms with Crippen LogP contribution in [0.1, 0.15) is 27.3 Å². The van der Waals surface area contributed by atoms with Gasteiger partial charge in [0.15, 0.2) is 16.8 Å². The van der Waals surface area contributed by atoms with Crippen LogP contribution in [0, 0.1) is 13.8 Å². The number of rotatable bonds is 10. The average Bonchev–Trinajstić information content (AvgIpc) is 3.37. The number of ether oxygens (including phenoxy) is 1. The number of benzene rings is 2. The van der Waals surface area contributed by atoms with Gasteiger partial charge in [-0.3, -0.25) is 9.36 Å². The van der Waals surface area contributed by atoms with Crippen LogP contribution in [0.2, 0.25) is 5.02 Å². The number of methoxy groups -OCH3 is 1. The van der Waals surface area contributed by atoms with Crippen LogP contribution >= 0.6 is 23.4 Å². The van der Waals surface area contributed by atoms with Gasteiger partial charge in [0.05, 0.1) is 18.9 Å². The highest BCUT2D eigenvalue weighted by Crippen LogP contribution is 2.27. The van der Waals surface area contributed by atoms with E-state index in [0.29, 0.717) is 23.3 Å². The Balaban J connectivity index is 1.58. The summed E-state index contributed by atoms with van der Waals surface area (Å²) in [5.74, 6) is 1.10. The van der Waals surface area contributed by atoms with Crippen molar-refractivity contribution in [2.45, 2.75) is 32.1 Å². The van der Waals surface area contributed by atoms with Gasteiger partial charge in [0.25, 0.3) is 0 Å². The Morgan fingerprint density at radius 1 is 1.03 bits per heavy atom. The van der Waals surface area contributed by atoms with Gasteiger partial charge in [0.1, 0.15) is 0 Å². The molecule has 0 unspecified atom stereocenters. The fourth-order valence-electron chi connectivity index (χ4n) is 3.93. The van der Waals surface area contributed by atoms with Crippen LogP contribution in [-0.2, 0) is 17.8 Å². The molecule has 176 valence electrons. The lowest BCUT2D eigenvalue weighted by Crippen LogP contribution is -2.10. The van der Waals surface area contributed by atoms with E-state index in [1.807, 2.05) is 62.4 Å². The average molecular weight is 495 g/mol. The fraction of sp³-hybridized carbons (Fsp3) is 0.269. The zero-order valence-electron chi connectivity index (χ0n) is 19.5. The van der Waals surface area contributed by atoms with Crippen LogP contribution in [0.5, 0.6) is 0 Å². The number of aryl methyl sites for hydroxylation is 1. The SMILES string of the molecule is COCCn1c(C)cc(C(=O)CSc2nnc(-c3ccc(Cl)cc3)n2Cc2ccccc2)c1C. The molecule has 0 aliphatic heterocycles. The molecule has 0 aliphatic rings. The maximum Gasteiger partial charge on any atom is 0.192 e. The number of hydrogen-bond donors (Lipinski definition) is 0. The minimum atomic E-state index is 0.0732. The van der Waals surface area contributed by atoms with E-state index in [0.717, 1.165) is 40.4 Å². The van der Waals surface area contributed by atoms with Crippen molar-refractivity contribution in [2.24, 2.45) is 0 Å². The monoisotopic (exact) mass is 494 g/mol. The van der Waals surface area contributed by atoms with E-state index >= 15 is 0 Å². The summed E-state index contributed by atoms with van der Waals surface area (Å²) in [6, 6.07) is 19.7. The molecule has 2 aromatic heterocycles. The Kier molecular flexibility index (Phi) is 7.88. The number of carbonyl (C=O) groups is 1. The zero-order chi connectivity index (χ0) is 24.1. The number of Topliss-reactive ketones (excluding diaryl/α,β-unsaturated/α-hetero) is 1. The van der Waals surface area contributed by atoms with E-state index in [-0.39, 0.29) is 11.5 Å². The molecule has 0 saturated carbocycles. The Labute approximate surface area is 208 Å². The van der Waals surface area contributed by atoms with E-state index in [1.165, 1.54) is 11.8 Å². The molecule has 2 heterocycles. The summed E-state index contributed by atoms with van der Waals surface area (Å²) in [5.41, 5.74) is 4.82. The number of thioether (sulfide) groups is 1. The molecule has 0 N–H and O–H groups in total. The lowest BCUT2D eigenvalue weighted by atomic mass is 10.2. The first kappa shape index (κ1) is 24.3. The molecule has 2 aromatic carbocycles.